The zero-order valence-corrected chi connectivity index (χ0v) is 16.4. The Morgan fingerprint density at radius 2 is 1.56 bits per heavy atom. The van der Waals surface area contributed by atoms with Crippen molar-refractivity contribution in [3.8, 4) is 11.5 Å². The quantitative estimate of drug-likeness (QED) is 0.394. The van der Waals surface area contributed by atoms with Gasteiger partial charge in [0.15, 0.2) is 5.55 Å². The van der Waals surface area contributed by atoms with Gasteiger partial charge >= 0.3 is 0 Å². The highest BCUT2D eigenvalue weighted by Gasteiger charge is 2.11. The topological polar surface area (TPSA) is 18.5 Å². The molecule has 0 aliphatic carbocycles. The largest absolute Gasteiger partial charge is 0.496 e. The molecule has 0 spiro atoms. The van der Waals surface area contributed by atoms with Crippen molar-refractivity contribution in [2.75, 3.05) is 7.11 Å². The lowest BCUT2D eigenvalue weighted by molar-refractivity contribution is 0.405. The van der Waals surface area contributed by atoms with E-state index in [1.807, 2.05) is 55.5 Å². The Labute approximate surface area is 163 Å². The summed E-state index contributed by atoms with van der Waals surface area (Å²) in [5.41, 5.74) is 3.41. The third-order valence-electron chi connectivity index (χ3n) is 3.28. The summed E-state index contributed by atoms with van der Waals surface area (Å²) >= 11 is 11.3. The van der Waals surface area contributed by atoms with Gasteiger partial charge in [0.05, 0.1) is 16.9 Å². The minimum absolute atomic E-state index is 0.706. The van der Waals surface area contributed by atoms with Gasteiger partial charge in [-0.05, 0) is 54.5 Å². The normalized spacial score (nSPS) is 11.0. The highest BCUT2D eigenvalue weighted by molar-refractivity contribution is 7.99. The molecule has 2 aromatic rings. The fourth-order valence-corrected chi connectivity index (χ4v) is 3.47. The monoisotopic (exact) mass is 386 g/mol. The number of ether oxygens (including phenoxy) is 2. The van der Waals surface area contributed by atoms with Crippen molar-refractivity contribution in [1.82, 2.24) is 0 Å². The van der Waals surface area contributed by atoms with E-state index in [9.17, 15) is 0 Å². The maximum absolute atomic E-state index is 5.50. The molecule has 0 N–H and O–H groups in total. The number of hydrogen-bond donors (Lipinski definition) is 0. The van der Waals surface area contributed by atoms with Crippen LogP contribution in [0.4, 0.5) is 0 Å². The summed E-state index contributed by atoms with van der Waals surface area (Å²) < 4.78 is 11.0. The van der Waals surface area contributed by atoms with Crippen LogP contribution in [0.1, 0.15) is 18.1 Å². The molecule has 0 heterocycles. The summed E-state index contributed by atoms with van der Waals surface area (Å²) in [7, 11) is 1.67. The van der Waals surface area contributed by atoms with E-state index < -0.39 is 0 Å². The van der Waals surface area contributed by atoms with Crippen LogP contribution < -0.4 is 9.47 Å². The first-order valence-electron chi connectivity index (χ1n) is 7.56. The molecule has 2 rings (SSSR count). The molecule has 2 nitrogen and oxygen atoms in total. The van der Waals surface area contributed by atoms with Gasteiger partial charge < -0.3 is 9.47 Å². The van der Waals surface area contributed by atoms with Crippen molar-refractivity contribution in [3.05, 3.63) is 59.7 Å². The summed E-state index contributed by atoms with van der Waals surface area (Å²) in [6.07, 6.45) is 7.84. The van der Waals surface area contributed by atoms with Gasteiger partial charge in [0, 0.05) is 5.37 Å². The van der Waals surface area contributed by atoms with Crippen LogP contribution in [0.15, 0.2) is 58.3 Å². The van der Waals surface area contributed by atoms with Gasteiger partial charge in [-0.3, -0.25) is 0 Å². The Bertz CT molecular complexity index is 811. The van der Waals surface area contributed by atoms with Gasteiger partial charge in [0.2, 0.25) is 0 Å². The minimum atomic E-state index is 0.706. The van der Waals surface area contributed by atoms with E-state index in [0.29, 0.717) is 5.75 Å². The standard InChI is InChI=1S/C20H18O2S3/c1-3-5-15-7-9-17(21-2)19(12-15)25-20-13-16(6-4-11-23)8-10-18(20)22-14-24/h3-14H,1-2H3. The van der Waals surface area contributed by atoms with Gasteiger partial charge in [-0.15, -0.1) is 0 Å². The van der Waals surface area contributed by atoms with E-state index in [-0.39, 0.29) is 0 Å². The minimum Gasteiger partial charge on any atom is -0.496 e. The van der Waals surface area contributed by atoms with Crippen LogP contribution in [0.2, 0.25) is 0 Å². The highest BCUT2D eigenvalue weighted by atomic mass is 32.2. The van der Waals surface area contributed by atoms with Crippen molar-refractivity contribution in [2.45, 2.75) is 16.7 Å². The Morgan fingerprint density at radius 1 is 0.920 bits per heavy atom. The Hall–Kier alpha value is -1.95. The SMILES string of the molecule is CC=Cc1ccc(OC)c(Sc2cc(C=CC=S)ccc2OC=S)c1. The fourth-order valence-electron chi connectivity index (χ4n) is 2.20. The molecule has 0 amide bonds. The molecule has 0 saturated carbocycles. The van der Waals surface area contributed by atoms with Gasteiger partial charge in [-0.2, -0.15) is 0 Å². The second kappa shape index (κ2) is 10.1. The van der Waals surface area contributed by atoms with Crippen molar-refractivity contribution in [2.24, 2.45) is 0 Å². The molecule has 0 saturated heterocycles. The van der Waals surface area contributed by atoms with E-state index in [1.54, 1.807) is 24.2 Å². The summed E-state index contributed by atoms with van der Waals surface area (Å²) in [5.74, 6) is 1.52. The summed E-state index contributed by atoms with van der Waals surface area (Å²) in [5, 5.41) is 1.58. The maximum Gasteiger partial charge on any atom is 0.154 e. The molecule has 0 aromatic heterocycles. The van der Waals surface area contributed by atoms with Crippen LogP contribution in [-0.4, -0.2) is 18.0 Å². The zero-order valence-electron chi connectivity index (χ0n) is 14.0. The number of rotatable bonds is 8. The summed E-state index contributed by atoms with van der Waals surface area (Å²) in [6.45, 7) is 1.99. The molecule has 2 aromatic carbocycles. The summed E-state index contributed by atoms with van der Waals surface area (Å²) in [4.78, 5) is 1.95. The van der Waals surface area contributed by atoms with Crippen LogP contribution in [0.3, 0.4) is 0 Å². The molecule has 0 unspecified atom stereocenters. The predicted octanol–water partition coefficient (Wildman–Crippen LogP) is 6.23. The molecule has 25 heavy (non-hydrogen) atoms. The van der Waals surface area contributed by atoms with E-state index in [4.69, 9.17) is 33.9 Å². The lowest BCUT2D eigenvalue weighted by atomic mass is 10.2. The number of hydrogen-bond acceptors (Lipinski definition) is 5. The fraction of sp³-hybridized carbons (Fsp3) is 0.100. The molecule has 0 radical (unpaired) electrons. The second-order valence-corrected chi connectivity index (χ2v) is 6.48. The maximum atomic E-state index is 5.50. The third kappa shape index (κ3) is 5.53. The first-order chi connectivity index (χ1) is 12.2. The van der Waals surface area contributed by atoms with Crippen LogP contribution in [0.25, 0.3) is 12.2 Å². The van der Waals surface area contributed by atoms with Crippen molar-refractivity contribution < 1.29 is 9.47 Å². The molecule has 0 aliphatic heterocycles. The van der Waals surface area contributed by atoms with Gasteiger partial charge in [0.25, 0.3) is 0 Å². The van der Waals surface area contributed by atoms with Gasteiger partial charge in [-0.25, -0.2) is 0 Å². The van der Waals surface area contributed by atoms with E-state index in [1.165, 1.54) is 5.55 Å². The smallest absolute Gasteiger partial charge is 0.154 e. The molecular formula is C20H18O2S3. The summed E-state index contributed by atoms with van der Waals surface area (Å²) in [6, 6.07) is 12.0. The van der Waals surface area contributed by atoms with Crippen molar-refractivity contribution >= 4 is 59.3 Å². The molecule has 0 bridgehead atoms. The lowest BCUT2D eigenvalue weighted by Gasteiger charge is -2.12. The number of allylic oxidation sites excluding steroid dienone is 2. The predicted molar refractivity (Wildman–Crippen MR) is 115 cm³/mol. The Morgan fingerprint density at radius 3 is 2.16 bits per heavy atom. The van der Waals surface area contributed by atoms with Gasteiger partial charge in [-0.1, -0.05) is 60.4 Å². The van der Waals surface area contributed by atoms with E-state index in [2.05, 4.69) is 12.1 Å². The van der Waals surface area contributed by atoms with Crippen molar-refractivity contribution in [3.63, 3.8) is 0 Å². The van der Waals surface area contributed by atoms with Gasteiger partial charge in [0.1, 0.15) is 11.5 Å². The number of thiocarbonyl (C=S) groups is 2. The number of benzene rings is 2. The van der Waals surface area contributed by atoms with Crippen molar-refractivity contribution in [1.29, 1.82) is 0 Å². The molecule has 5 heteroatoms. The Kier molecular flexibility index (Phi) is 7.85. The van der Waals surface area contributed by atoms with E-state index in [0.717, 1.165) is 26.7 Å². The molecule has 0 fully saturated rings. The third-order valence-corrected chi connectivity index (χ3v) is 4.61. The average molecular weight is 387 g/mol. The number of methoxy groups -OCH3 is 1. The molecule has 0 atom stereocenters. The lowest BCUT2D eigenvalue weighted by Crippen LogP contribution is -1.92. The molecule has 128 valence electrons. The van der Waals surface area contributed by atoms with E-state index >= 15 is 0 Å². The molecular weight excluding hydrogens is 368 g/mol. The van der Waals surface area contributed by atoms with Crippen LogP contribution >= 0.6 is 36.2 Å². The second-order valence-electron chi connectivity index (χ2n) is 4.93. The zero-order chi connectivity index (χ0) is 18.1. The molecule has 0 aliphatic rings. The average Bonchev–Trinajstić information content (AvgIpc) is 2.62. The van der Waals surface area contributed by atoms with Crippen LogP contribution in [-0.2, 0) is 0 Å². The first-order valence-corrected chi connectivity index (χ1v) is 9.32. The van der Waals surface area contributed by atoms with Crippen LogP contribution in [0, 0.1) is 0 Å². The van der Waals surface area contributed by atoms with Crippen LogP contribution in [0.5, 0.6) is 11.5 Å². The first kappa shape index (κ1) is 19.4. The Balaban J connectivity index is 2.46. The highest BCUT2D eigenvalue weighted by Crippen LogP contribution is 2.40.